The first-order chi connectivity index (χ1) is 6.63. The van der Waals surface area contributed by atoms with Crippen molar-refractivity contribution in [1.29, 1.82) is 0 Å². The predicted octanol–water partition coefficient (Wildman–Crippen LogP) is 2.63. The Bertz CT molecular complexity index is 323. The summed E-state index contributed by atoms with van der Waals surface area (Å²) in [6, 6.07) is 4.03. The topological polar surface area (TPSA) is 12.0 Å². The lowest BCUT2D eigenvalue weighted by molar-refractivity contribution is 0.505. The van der Waals surface area contributed by atoms with E-state index in [-0.39, 0.29) is 6.04 Å². The van der Waals surface area contributed by atoms with Gasteiger partial charge in [0.2, 0.25) is 0 Å². The van der Waals surface area contributed by atoms with Crippen LogP contribution in [0.15, 0.2) is 30.9 Å². The molecule has 0 aliphatic carbocycles. The van der Waals surface area contributed by atoms with Crippen molar-refractivity contribution in [2.75, 3.05) is 0 Å². The first-order valence-electron chi connectivity index (χ1n) is 4.43. The molecule has 1 nitrogen and oxygen atoms in total. The maximum atomic E-state index is 12.8. The van der Waals surface area contributed by atoms with Crippen LogP contribution in [0.3, 0.4) is 0 Å². The Morgan fingerprint density at radius 2 is 2.14 bits per heavy atom. The third-order valence-electron chi connectivity index (χ3n) is 1.97. The number of halogens is 2. The molecule has 1 aromatic rings. The summed E-state index contributed by atoms with van der Waals surface area (Å²) in [7, 11) is 0. The van der Waals surface area contributed by atoms with E-state index >= 15 is 0 Å². The molecule has 0 aliphatic heterocycles. The highest BCUT2D eigenvalue weighted by Gasteiger charge is 2.02. The van der Waals surface area contributed by atoms with Crippen LogP contribution in [0.2, 0.25) is 0 Å². The number of benzene rings is 1. The fourth-order valence-electron chi connectivity index (χ4n) is 1.01. The van der Waals surface area contributed by atoms with Crippen molar-refractivity contribution in [3.8, 4) is 0 Å². The standard InChI is InChI=1S/C11H13F2N/c1-3-8(2)14-7-9-4-5-10(12)11(13)6-9/h3-6,8,14H,1,7H2,2H3. The molecule has 0 aromatic heterocycles. The van der Waals surface area contributed by atoms with Crippen LogP contribution in [0.1, 0.15) is 12.5 Å². The first kappa shape index (κ1) is 10.9. The maximum Gasteiger partial charge on any atom is 0.159 e. The van der Waals surface area contributed by atoms with E-state index in [0.29, 0.717) is 6.54 Å². The fraction of sp³-hybridized carbons (Fsp3) is 0.273. The SMILES string of the molecule is C=CC(C)NCc1ccc(F)c(F)c1. The first-order valence-corrected chi connectivity index (χ1v) is 4.43. The van der Waals surface area contributed by atoms with Gasteiger partial charge in [0.15, 0.2) is 11.6 Å². The van der Waals surface area contributed by atoms with Crippen LogP contribution in [0.25, 0.3) is 0 Å². The van der Waals surface area contributed by atoms with Gasteiger partial charge in [-0.2, -0.15) is 0 Å². The molecular weight excluding hydrogens is 184 g/mol. The van der Waals surface area contributed by atoms with E-state index in [1.54, 1.807) is 12.1 Å². The molecule has 0 saturated carbocycles. The van der Waals surface area contributed by atoms with E-state index in [1.807, 2.05) is 6.92 Å². The number of hydrogen-bond acceptors (Lipinski definition) is 1. The van der Waals surface area contributed by atoms with Crippen molar-refractivity contribution < 1.29 is 8.78 Å². The van der Waals surface area contributed by atoms with E-state index in [9.17, 15) is 8.78 Å². The van der Waals surface area contributed by atoms with Crippen molar-refractivity contribution in [3.05, 3.63) is 48.1 Å². The van der Waals surface area contributed by atoms with E-state index in [0.717, 1.165) is 11.6 Å². The maximum absolute atomic E-state index is 12.8. The summed E-state index contributed by atoms with van der Waals surface area (Å²) in [6.45, 7) is 6.05. The Morgan fingerprint density at radius 3 is 2.71 bits per heavy atom. The second kappa shape index (κ2) is 4.86. The Labute approximate surface area is 82.4 Å². The zero-order valence-corrected chi connectivity index (χ0v) is 8.06. The minimum absolute atomic E-state index is 0.156. The van der Waals surface area contributed by atoms with Gasteiger partial charge < -0.3 is 5.32 Å². The van der Waals surface area contributed by atoms with Crippen LogP contribution >= 0.6 is 0 Å². The average molecular weight is 197 g/mol. The smallest absolute Gasteiger partial charge is 0.159 e. The second-order valence-electron chi connectivity index (χ2n) is 3.15. The van der Waals surface area contributed by atoms with Crippen LogP contribution in [0.5, 0.6) is 0 Å². The van der Waals surface area contributed by atoms with Gasteiger partial charge in [-0.05, 0) is 24.6 Å². The van der Waals surface area contributed by atoms with E-state index in [1.165, 1.54) is 6.07 Å². The Morgan fingerprint density at radius 1 is 1.43 bits per heavy atom. The van der Waals surface area contributed by atoms with Gasteiger partial charge in [0.1, 0.15) is 0 Å². The molecule has 0 spiro atoms. The van der Waals surface area contributed by atoms with Gasteiger partial charge >= 0.3 is 0 Å². The summed E-state index contributed by atoms with van der Waals surface area (Å²) < 4.78 is 25.3. The van der Waals surface area contributed by atoms with Crippen LogP contribution in [-0.4, -0.2) is 6.04 Å². The lowest BCUT2D eigenvalue weighted by Gasteiger charge is -2.08. The molecule has 1 atom stereocenters. The molecule has 3 heteroatoms. The zero-order chi connectivity index (χ0) is 10.6. The molecule has 0 amide bonds. The Kier molecular flexibility index (Phi) is 3.77. The molecule has 0 aliphatic rings. The number of rotatable bonds is 4. The summed E-state index contributed by atoms with van der Waals surface area (Å²) in [5.74, 6) is -1.62. The largest absolute Gasteiger partial charge is 0.307 e. The van der Waals surface area contributed by atoms with E-state index < -0.39 is 11.6 Å². The predicted molar refractivity (Wildman–Crippen MR) is 52.9 cm³/mol. The molecule has 0 heterocycles. The Balaban J connectivity index is 2.59. The van der Waals surface area contributed by atoms with Crippen molar-refractivity contribution in [1.82, 2.24) is 5.32 Å². The summed E-state index contributed by atoms with van der Waals surface area (Å²) in [4.78, 5) is 0. The van der Waals surface area contributed by atoms with Crippen LogP contribution in [0.4, 0.5) is 8.78 Å². The van der Waals surface area contributed by atoms with Crippen LogP contribution < -0.4 is 5.32 Å². The summed E-state index contributed by atoms with van der Waals surface area (Å²) in [6.07, 6.45) is 1.75. The zero-order valence-electron chi connectivity index (χ0n) is 8.06. The molecule has 14 heavy (non-hydrogen) atoms. The van der Waals surface area contributed by atoms with Crippen molar-refractivity contribution >= 4 is 0 Å². The third kappa shape index (κ3) is 2.92. The monoisotopic (exact) mass is 197 g/mol. The normalized spacial score (nSPS) is 12.5. The molecule has 1 rings (SSSR count). The van der Waals surface area contributed by atoms with Crippen molar-refractivity contribution in [2.24, 2.45) is 0 Å². The van der Waals surface area contributed by atoms with Gasteiger partial charge in [-0.1, -0.05) is 12.1 Å². The van der Waals surface area contributed by atoms with E-state index in [4.69, 9.17) is 0 Å². The molecule has 0 fully saturated rings. The quantitative estimate of drug-likeness (QED) is 0.732. The molecule has 0 bridgehead atoms. The van der Waals surface area contributed by atoms with Crippen molar-refractivity contribution in [2.45, 2.75) is 19.5 Å². The lowest BCUT2D eigenvalue weighted by atomic mass is 10.2. The highest BCUT2D eigenvalue weighted by molar-refractivity contribution is 5.17. The second-order valence-corrected chi connectivity index (χ2v) is 3.15. The summed E-state index contributed by atoms with van der Waals surface area (Å²) in [5.41, 5.74) is 0.720. The highest BCUT2D eigenvalue weighted by atomic mass is 19.2. The summed E-state index contributed by atoms with van der Waals surface area (Å²) in [5, 5.41) is 3.09. The molecule has 76 valence electrons. The lowest BCUT2D eigenvalue weighted by Crippen LogP contribution is -2.22. The number of hydrogen-bond donors (Lipinski definition) is 1. The third-order valence-corrected chi connectivity index (χ3v) is 1.97. The van der Waals surface area contributed by atoms with Gasteiger partial charge in [0, 0.05) is 12.6 Å². The van der Waals surface area contributed by atoms with Gasteiger partial charge in [-0.15, -0.1) is 6.58 Å². The molecule has 0 saturated heterocycles. The molecule has 1 unspecified atom stereocenters. The average Bonchev–Trinajstić information content (AvgIpc) is 2.19. The fourth-order valence-corrected chi connectivity index (χ4v) is 1.01. The molecular formula is C11H13F2N. The van der Waals surface area contributed by atoms with Crippen LogP contribution in [-0.2, 0) is 6.54 Å². The molecule has 1 aromatic carbocycles. The van der Waals surface area contributed by atoms with Gasteiger partial charge in [0.25, 0.3) is 0 Å². The molecule has 1 N–H and O–H groups in total. The Hall–Kier alpha value is -1.22. The van der Waals surface area contributed by atoms with Crippen molar-refractivity contribution in [3.63, 3.8) is 0 Å². The summed E-state index contributed by atoms with van der Waals surface area (Å²) >= 11 is 0. The van der Waals surface area contributed by atoms with Gasteiger partial charge in [-0.25, -0.2) is 8.78 Å². The minimum atomic E-state index is -0.814. The highest BCUT2D eigenvalue weighted by Crippen LogP contribution is 2.08. The minimum Gasteiger partial charge on any atom is -0.307 e. The van der Waals surface area contributed by atoms with Gasteiger partial charge in [0.05, 0.1) is 0 Å². The number of nitrogens with one attached hydrogen (secondary N) is 1. The van der Waals surface area contributed by atoms with Gasteiger partial charge in [-0.3, -0.25) is 0 Å². The molecule has 0 radical (unpaired) electrons. The van der Waals surface area contributed by atoms with Crippen LogP contribution in [0, 0.1) is 11.6 Å². The van der Waals surface area contributed by atoms with E-state index in [2.05, 4.69) is 11.9 Å².